The maximum Gasteiger partial charge on any atom is 0.238 e. The Balaban J connectivity index is 2.16. The highest BCUT2D eigenvalue weighted by Crippen LogP contribution is 2.32. The SMILES string of the molecule is CNC(=O)C1CCCN1CC(=O)Nc1c(C(C)C)cccc1C(C)C. The molecule has 138 valence electrons. The summed E-state index contributed by atoms with van der Waals surface area (Å²) < 4.78 is 0. The van der Waals surface area contributed by atoms with Crippen molar-refractivity contribution in [3.05, 3.63) is 29.3 Å². The molecule has 1 aromatic rings. The predicted molar refractivity (Wildman–Crippen MR) is 102 cm³/mol. The summed E-state index contributed by atoms with van der Waals surface area (Å²) >= 11 is 0. The van der Waals surface area contributed by atoms with Crippen molar-refractivity contribution in [3.8, 4) is 0 Å². The van der Waals surface area contributed by atoms with Gasteiger partial charge in [-0.15, -0.1) is 0 Å². The standard InChI is InChI=1S/C20H31N3O2/c1-13(2)15-8-6-9-16(14(3)4)19(15)22-18(24)12-23-11-7-10-17(23)20(25)21-5/h6,8-9,13-14,17H,7,10-12H2,1-5H3,(H,21,25)(H,22,24). The molecule has 0 bridgehead atoms. The Bertz CT molecular complexity index is 599. The van der Waals surface area contributed by atoms with Gasteiger partial charge in [-0.1, -0.05) is 45.9 Å². The molecule has 0 aliphatic carbocycles. The molecule has 1 fully saturated rings. The first kappa shape index (κ1) is 19.4. The highest BCUT2D eigenvalue weighted by molar-refractivity contribution is 5.94. The van der Waals surface area contributed by atoms with E-state index in [2.05, 4.69) is 56.5 Å². The van der Waals surface area contributed by atoms with Crippen LogP contribution in [0.5, 0.6) is 0 Å². The molecule has 1 aliphatic rings. The topological polar surface area (TPSA) is 61.4 Å². The maximum absolute atomic E-state index is 12.7. The number of nitrogens with one attached hydrogen (secondary N) is 2. The fraction of sp³-hybridized carbons (Fsp3) is 0.600. The van der Waals surface area contributed by atoms with Crippen LogP contribution >= 0.6 is 0 Å². The van der Waals surface area contributed by atoms with Crippen molar-refractivity contribution < 1.29 is 9.59 Å². The van der Waals surface area contributed by atoms with Gasteiger partial charge in [-0.3, -0.25) is 14.5 Å². The average molecular weight is 345 g/mol. The van der Waals surface area contributed by atoms with Crippen molar-refractivity contribution >= 4 is 17.5 Å². The van der Waals surface area contributed by atoms with Crippen LogP contribution in [0, 0.1) is 0 Å². The second-order valence-electron chi connectivity index (χ2n) is 7.41. The van der Waals surface area contributed by atoms with Gasteiger partial charge < -0.3 is 10.6 Å². The fourth-order valence-corrected chi connectivity index (χ4v) is 3.54. The summed E-state index contributed by atoms with van der Waals surface area (Å²) in [6.45, 7) is 9.58. The summed E-state index contributed by atoms with van der Waals surface area (Å²) in [4.78, 5) is 26.6. The first-order valence-electron chi connectivity index (χ1n) is 9.23. The van der Waals surface area contributed by atoms with E-state index in [9.17, 15) is 9.59 Å². The molecule has 1 saturated heterocycles. The van der Waals surface area contributed by atoms with Crippen LogP contribution in [0.15, 0.2) is 18.2 Å². The Morgan fingerprint density at radius 3 is 2.28 bits per heavy atom. The van der Waals surface area contributed by atoms with Crippen LogP contribution in [-0.2, 0) is 9.59 Å². The van der Waals surface area contributed by atoms with Crippen molar-refractivity contribution in [2.45, 2.75) is 58.4 Å². The quantitative estimate of drug-likeness (QED) is 0.833. The molecule has 0 aromatic heterocycles. The number of carbonyl (C=O) groups is 2. The van der Waals surface area contributed by atoms with E-state index in [1.807, 2.05) is 4.90 Å². The molecule has 1 aromatic carbocycles. The lowest BCUT2D eigenvalue weighted by Crippen LogP contribution is -2.45. The van der Waals surface area contributed by atoms with Gasteiger partial charge >= 0.3 is 0 Å². The fourth-order valence-electron chi connectivity index (χ4n) is 3.54. The summed E-state index contributed by atoms with van der Waals surface area (Å²) in [6.07, 6.45) is 1.76. The third kappa shape index (κ3) is 4.60. The number of rotatable bonds is 6. The molecule has 1 aliphatic heterocycles. The highest BCUT2D eigenvalue weighted by Gasteiger charge is 2.31. The lowest BCUT2D eigenvalue weighted by molar-refractivity contribution is -0.126. The summed E-state index contributed by atoms with van der Waals surface area (Å²) in [5.74, 6) is 0.611. The number of nitrogens with zero attached hydrogens (tertiary/aromatic N) is 1. The normalized spacial score (nSPS) is 18.0. The Kier molecular flexibility index (Phi) is 6.59. The van der Waals surface area contributed by atoms with E-state index in [-0.39, 0.29) is 24.4 Å². The maximum atomic E-state index is 12.7. The van der Waals surface area contributed by atoms with Crippen LogP contribution in [0.25, 0.3) is 0 Å². The number of benzene rings is 1. The Morgan fingerprint density at radius 2 is 1.76 bits per heavy atom. The lowest BCUT2D eigenvalue weighted by Gasteiger charge is -2.24. The molecule has 0 spiro atoms. The van der Waals surface area contributed by atoms with Gasteiger partial charge in [0, 0.05) is 12.7 Å². The van der Waals surface area contributed by atoms with Gasteiger partial charge in [0.05, 0.1) is 12.6 Å². The number of para-hydroxylation sites is 1. The second-order valence-corrected chi connectivity index (χ2v) is 7.41. The van der Waals surface area contributed by atoms with Crippen LogP contribution in [0.4, 0.5) is 5.69 Å². The summed E-state index contributed by atoms with van der Waals surface area (Å²) in [7, 11) is 1.65. The van der Waals surface area contributed by atoms with E-state index in [0.717, 1.165) is 36.2 Å². The van der Waals surface area contributed by atoms with E-state index < -0.39 is 0 Å². The minimum Gasteiger partial charge on any atom is -0.358 e. The molecule has 1 heterocycles. The first-order chi connectivity index (χ1) is 11.8. The molecule has 0 radical (unpaired) electrons. The summed E-state index contributed by atoms with van der Waals surface area (Å²) in [5.41, 5.74) is 3.25. The Morgan fingerprint density at radius 1 is 1.16 bits per heavy atom. The van der Waals surface area contributed by atoms with Crippen molar-refractivity contribution in [1.82, 2.24) is 10.2 Å². The molecule has 2 amide bonds. The van der Waals surface area contributed by atoms with E-state index in [4.69, 9.17) is 0 Å². The largest absolute Gasteiger partial charge is 0.358 e. The van der Waals surface area contributed by atoms with Gasteiger partial charge in [0.15, 0.2) is 0 Å². The lowest BCUT2D eigenvalue weighted by atomic mass is 9.92. The molecule has 0 saturated carbocycles. The zero-order valence-corrected chi connectivity index (χ0v) is 16.1. The van der Waals surface area contributed by atoms with Crippen molar-refractivity contribution in [3.63, 3.8) is 0 Å². The molecular weight excluding hydrogens is 314 g/mol. The number of amides is 2. The van der Waals surface area contributed by atoms with Crippen LogP contribution in [-0.4, -0.2) is 42.9 Å². The number of anilines is 1. The number of likely N-dealkylation sites (tertiary alicyclic amines) is 1. The average Bonchev–Trinajstić information content (AvgIpc) is 3.01. The van der Waals surface area contributed by atoms with Crippen LogP contribution in [0.1, 0.15) is 63.5 Å². The zero-order valence-electron chi connectivity index (χ0n) is 16.1. The molecule has 25 heavy (non-hydrogen) atoms. The molecule has 5 heteroatoms. The molecular formula is C20H31N3O2. The van der Waals surface area contributed by atoms with Gasteiger partial charge in [0.2, 0.25) is 11.8 Å². The van der Waals surface area contributed by atoms with Crippen LogP contribution < -0.4 is 10.6 Å². The van der Waals surface area contributed by atoms with Gasteiger partial charge in [-0.05, 0) is 42.3 Å². The highest BCUT2D eigenvalue weighted by atomic mass is 16.2. The van der Waals surface area contributed by atoms with Crippen LogP contribution in [0.2, 0.25) is 0 Å². The third-order valence-electron chi connectivity index (χ3n) is 4.90. The first-order valence-corrected chi connectivity index (χ1v) is 9.23. The smallest absolute Gasteiger partial charge is 0.238 e. The summed E-state index contributed by atoms with van der Waals surface area (Å²) in [6, 6.07) is 6.02. The van der Waals surface area contributed by atoms with Crippen molar-refractivity contribution in [1.29, 1.82) is 0 Å². The van der Waals surface area contributed by atoms with Gasteiger partial charge in [0.25, 0.3) is 0 Å². The van der Waals surface area contributed by atoms with E-state index in [1.54, 1.807) is 7.05 Å². The van der Waals surface area contributed by atoms with Gasteiger partial charge in [0.1, 0.15) is 0 Å². The number of carbonyl (C=O) groups excluding carboxylic acids is 2. The zero-order chi connectivity index (χ0) is 18.6. The van der Waals surface area contributed by atoms with E-state index >= 15 is 0 Å². The molecule has 5 nitrogen and oxygen atoms in total. The molecule has 1 unspecified atom stereocenters. The second kappa shape index (κ2) is 8.48. The van der Waals surface area contributed by atoms with E-state index in [1.165, 1.54) is 0 Å². The minimum absolute atomic E-state index is 0.00394. The molecule has 2 rings (SSSR count). The molecule has 1 atom stereocenters. The number of likely N-dealkylation sites (N-methyl/N-ethyl adjacent to an activating group) is 1. The summed E-state index contributed by atoms with van der Waals surface area (Å²) in [5, 5.41) is 5.83. The van der Waals surface area contributed by atoms with Crippen LogP contribution in [0.3, 0.4) is 0 Å². The van der Waals surface area contributed by atoms with Gasteiger partial charge in [-0.2, -0.15) is 0 Å². The molecule has 2 N–H and O–H groups in total. The van der Waals surface area contributed by atoms with Crippen molar-refractivity contribution in [2.75, 3.05) is 25.5 Å². The monoisotopic (exact) mass is 345 g/mol. The predicted octanol–water partition coefficient (Wildman–Crippen LogP) is 3.08. The van der Waals surface area contributed by atoms with E-state index in [0.29, 0.717) is 11.8 Å². The number of hydrogen-bond acceptors (Lipinski definition) is 3. The Hall–Kier alpha value is -1.88. The third-order valence-corrected chi connectivity index (χ3v) is 4.90. The minimum atomic E-state index is -0.194. The van der Waals surface area contributed by atoms with Gasteiger partial charge in [-0.25, -0.2) is 0 Å². The number of hydrogen-bond donors (Lipinski definition) is 2. The van der Waals surface area contributed by atoms with Crippen molar-refractivity contribution in [2.24, 2.45) is 0 Å². The Labute approximate surface area is 151 Å².